The van der Waals surface area contributed by atoms with Crippen molar-refractivity contribution in [2.45, 2.75) is 26.6 Å². The molecule has 6 nitrogen and oxygen atoms in total. The maximum Gasteiger partial charge on any atom is 0.158 e. The van der Waals surface area contributed by atoms with Crippen molar-refractivity contribution in [3.05, 3.63) is 11.9 Å². The Labute approximate surface area is 114 Å². The third-order valence-electron chi connectivity index (χ3n) is 3.02. The molecule has 106 valence electrons. The van der Waals surface area contributed by atoms with E-state index in [4.69, 9.17) is 9.47 Å². The summed E-state index contributed by atoms with van der Waals surface area (Å²) in [6.07, 6.45) is 0.233. The Hall–Kier alpha value is -1.40. The maximum atomic E-state index is 5.56. The van der Waals surface area contributed by atoms with Gasteiger partial charge < -0.3 is 19.7 Å². The lowest BCUT2D eigenvalue weighted by Crippen LogP contribution is -2.41. The summed E-state index contributed by atoms with van der Waals surface area (Å²) in [5.74, 6) is 2.46. The van der Waals surface area contributed by atoms with E-state index in [0.29, 0.717) is 19.0 Å². The molecule has 1 atom stereocenters. The zero-order valence-electron chi connectivity index (χ0n) is 11.8. The van der Waals surface area contributed by atoms with Gasteiger partial charge in [0.15, 0.2) is 5.82 Å². The summed E-state index contributed by atoms with van der Waals surface area (Å²) in [4.78, 5) is 11.2. The Bertz CT molecular complexity index is 414. The Morgan fingerprint density at radius 3 is 3.05 bits per heavy atom. The Morgan fingerprint density at radius 2 is 2.37 bits per heavy atom. The van der Waals surface area contributed by atoms with E-state index in [2.05, 4.69) is 27.1 Å². The van der Waals surface area contributed by atoms with E-state index >= 15 is 0 Å². The van der Waals surface area contributed by atoms with Gasteiger partial charge in [-0.1, -0.05) is 0 Å². The fraction of sp³-hybridized carbons (Fsp3) is 0.692. The van der Waals surface area contributed by atoms with E-state index in [0.717, 1.165) is 31.3 Å². The predicted molar refractivity (Wildman–Crippen MR) is 74.5 cm³/mol. The molecule has 0 aliphatic carbocycles. The Morgan fingerprint density at radius 1 is 1.53 bits per heavy atom. The van der Waals surface area contributed by atoms with E-state index in [1.54, 1.807) is 0 Å². The molecule has 1 aliphatic heterocycles. The first-order chi connectivity index (χ1) is 9.22. The fourth-order valence-corrected chi connectivity index (χ4v) is 2.06. The van der Waals surface area contributed by atoms with Crippen LogP contribution in [0, 0.1) is 0 Å². The highest BCUT2D eigenvalue weighted by Crippen LogP contribution is 2.19. The molecule has 1 aromatic rings. The van der Waals surface area contributed by atoms with Gasteiger partial charge in [0.2, 0.25) is 0 Å². The molecule has 1 aromatic heterocycles. The molecule has 1 saturated heterocycles. The number of rotatable bonds is 5. The molecule has 1 fully saturated rings. The number of nitrogens with one attached hydrogen (secondary N) is 1. The van der Waals surface area contributed by atoms with Crippen molar-refractivity contribution in [3.8, 4) is 0 Å². The zero-order chi connectivity index (χ0) is 13.7. The second kappa shape index (κ2) is 6.68. The SMILES string of the molecule is CCOCc1nc(NC)cc(N2CCOC(C)C2)n1. The fourth-order valence-electron chi connectivity index (χ4n) is 2.06. The molecule has 0 aromatic carbocycles. The van der Waals surface area contributed by atoms with Crippen molar-refractivity contribution in [1.82, 2.24) is 9.97 Å². The summed E-state index contributed by atoms with van der Waals surface area (Å²) in [6.45, 7) is 7.60. The highest BCUT2D eigenvalue weighted by atomic mass is 16.5. The Kier molecular flexibility index (Phi) is 4.93. The summed E-state index contributed by atoms with van der Waals surface area (Å²) < 4.78 is 10.9. The van der Waals surface area contributed by atoms with Crippen LogP contribution < -0.4 is 10.2 Å². The monoisotopic (exact) mass is 266 g/mol. The highest BCUT2D eigenvalue weighted by molar-refractivity contribution is 5.49. The molecule has 1 aliphatic rings. The first-order valence-electron chi connectivity index (χ1n) is 6.73. The molecule has 6 heteroatoms. The standard InChI is InChI=1S/C13H22N4O2/c1-4-18-9-12-15-11(14-3)7-13(16-12)17-5-6-19-10(2)8-17/h7,10H,4-6,8-9H2,1-3H3,(H,14,15,16). The van der Waals surface area contributed by atoms with Crippen molar-refractivity contribution in [2.75, 3.05) is 43.6 Å². The molecule has 19 heavy (non-hydrogen) atoms. The van der Waals surface area contributed by atoms with Gasteiger partial charge in [0.25, 0.3) is 0 Å². The summed E-state index contributed by atoms with van der Waals surface area (Å²) in [7, 11) is 1.86. The van der Waals surface area contributed by atoms with Crippen molar-refractivity contribution in [3.63, 3.8) is 0 Å². The summed E-state index contributed by atoms with van der Waals surface area (Å²) in [6, 6.07) is 1.97. The number of hydrogen-bond acceptors (Lipinski definition) is 6. The van der Waals surface area contributed by atoms with E-state index in [1.165, 1.54) is 0 Å². The molecule has 0 amide bonds. The van der Waals surface area contributed by atoms with Gasteiger partial charge in [-0.2, -0.15) is 0 Å². The van der Waals surface area contributed by atoms with E-state index in [-0.39, 0.29) is 6.10 Å². The molecule has 1 unspecified atom stereocenters. The van der Waals surface area contributed by atoms with Crippen LogP contribution in [-0.4, -0.2) is 49.4 Å². The van der Waals surface area contributed by atoms with Gasteiger partial charge in [-0.15, -0.1) is 0 Å². The molecule has 2 heterocycles. The lowest BCUT2D eigenvalue weighted by atomic mass is 10.3. The smallest absolute Gasteiger partial charge is 0.158 e. The minimum Gasteiger partial charge on any atom is -0.375 e. The Balaban J connectivity index is 2.17. The van der Waals surface area contributed by atoms with E-state index < -0.39 is 0 Å². The zero-order valence-corrected chi connectivity index (χ0v) is 11.8. The maximum absolute atomic E-state index is 5.56. The van der Waals surface area contributed by atoms with Gasteiger partial charge in [-0.3, -0.25) is 0 Å². The second-order valence-electron chi connectivity index (χ2n) is 4.54. The topological polar surface area (TPSA) is 59.5 Å². The number of hydrogen-bond donors (Lipinski definition) is 1. The normalized spacial score (nSPS) is 19.5. The molecular formula is C13H22N4O2. The van der Waals surface area contributed by atoms with Crippen LogP contribution in [0.15, 0.2) is 6.07 Å². The van der Waals surface area contributed by atoms with Crippen molar-refractivity contribution in [1.29, 1.82) is 0 Å². The molecule has 2 rings (SSSR count). The third kappa shape index (κ3) is 3.78. The number of aromatic nitrogens is 2. The van der Waals surface area contributed by atoms with Crippen LogP contribution in [-0.2, 0) is 16.1 Å². The molecule has 0 radical (unpaired) electrons. The van der Waals surface area contributed by atoms with Gasteiger partial charge >= 0.3 is 0 Å². The first-order valence-corrected chi connectivity index (χ1v) is 6.73. The van der Waals surface area contributed by atoms with Gasteiger partial charge in [-0.05, 0) is 13.8 Å². The van der Waals surface area contributed by atoms with Gasteiger partial charge in [0, 0.05) is 32.8 Å². The predicted octanol–water partition coefficient (Wildman–Crippen LogP) is 1.28. The molecule has 0 spiro atoms. The average Bonchev–Trinajstić information content (AvgIpc) is 2.44. The largest absolute Gasteiger partial charge is 0.375 e. The highest BCUT2D eigenvalue weighted by Gasteiger charge is 2.19. The van der Waals surface area contributed by atoms with E-state index in [1.807, 2.05) is 20.0 Å². The van der Waals surface area contributed by atoms with E-state index in [9.17, 15) is 0 Å². The molecule has 0 bridgehead atoms. The van der Waals surface area contributed by atoms with Gasteiger partial charge in [0.05, 0.1) is 12.7 Å². The lowest BCUT2D eigenvalue weighted by Gasteiger charge is -2.32. The molecule has 0 saturated carbocycles. The van der Waals surface area contributed by atoms with Crippen LogP contribution >= 0.6 is 0 Å². The molecule has 1 N–H and O–H groups in total. The van der Waals surface area contributed by atoms with Crippen LogP contribution in [0.2, 0.25) is 0 Å². The summed E-state index contributed by atoms with van der Waals surface area (Å²) in [5, 5.41) is 3.07. The van der Waals surface area contributed by atoms with Crippen LogP contribution in [0.3, 0.4) is 0 Å². The summed E-state index contributed by atoms with van der Waals surface area (Å²) >= 11 is 0. The summed E-state index contributed by atoms with van der Waals surface area (Å²) in [5.41, 5.74) is 0. The second-order valence-corrected chi connectivity index (χ2v) is 4.54. The van der Waals surface area contributed by atoms with Crippen LogP contribution in [0.1, 0.15) is 19.7 Å². The first kappa shape index (κ1) is 14.0. The average molecular weight is 266 g/mol. The number of morpholine rings is 1. The minimum atomic E-state index is 0.233. The van der Waals surface area contributed by atoms with Crippen molar-refractivity contribution < 1.29 is 9.47 Å². The van der Waals surface area contributed by atoms with Crippen LogP contribution in [0.4, 0.5) is 11.6 Å². The lowest BCUT2D eigenvalue weighted by molar-refractivity contribution is 0.0528. The number of anilines is 2. The van der Waals surface area contributed by atoms with Crippen LogP contribution in [0.5, 0.6) is 0 Å². The van der Waals surface area contributed by atoms with Crippen molar-refractivity contribution in [2.24, 2.45) is 0 Å². The van der Waals surface area contributed by atoms with Gasteiger partial charge in [0.1, 0.15) is 18.2 Å². The van der Waals surface area contributed by atoms with Gasteiger partial charge in [-0.25, -0.2) is 9.97 Å². The third-order valence-corrected chi connectivity index (χ3v) is 3.02. The van der Waals surface area contributed by atoms with Crippen molar-refractivity contribution >= 4 is 11.6 Å². The van der Waals surface area contributed by atoms with Crippen LogP contribution in [0.25, 0.3) is 0 Å². The quantitative estimate of drug-likeness (QED) is 0.866. The molecular weight excluding hydrogens is 244 g/mol. The minimum absolute atomic E-state index is 0.233. The number of nitrogens with zero attached hydrogens (tertiary/aromatic N) is 3. The number of ether oxygens (including phenoxy) is 2.